The lowest BCUT2D eigenvalue weighted by Gasteiger charge is -2.23. The molecule has 6 heteroatoms. The van der Waals surface area contributed by atoms with E-state index in [9.17, 15) is 14.7 Å². The first kappa shape index (κ1) is 48.5. The van der Waals surface area contributed by atoms with Gasteiger partial charge in [0.05, 0.1) is 25.4 Å². The molecule has 0 aliphatic rings. The van der Waals surface area contributed by atoms with Gasteiger partial charge in [-0.3, -0.25) is 0 Å². The van der Waals surface area contributed by atoms with Crippen LogP contribution < -0.4 is 9.47 Å². The van der Waals surface area contributed by atoms with Gasteiger partial charge in [0.2, 0.25) is 0 Å². The lowest BCUT2D eigenvalue weighted by molar-refractivity contribution is -0.137. The van der Waals surface area contributed by atoms with Crippen molar-refractivity contribution in [1.82, 2.24) is 0 Å². The van der Waals surface area contributed by atoms with Crippen molar-refractivity contribution in [2.75, 3.05) is 19.8 Å². The average molecular weight is 743 g/mol. The number of hydrogen-bond acceptors (Lipinski definition) is 5. The summed E-state index contributed by atoms with van der Waals surface area (Å²) in [4.78, 5) is 23.9. The van der Waals surface area contributed by atoms with Crippen LogP contribution >= 0.6 is 0 Å². The Kier molecular flexibility index (Phi) is 31.1. The van der Waals surface area contributed by atoms with E-state index in [-0.39, 0.29) is 5.56 Å². The molecule has 0 aromatic heterocycles. The number of esters is 1. The molecule has 0 saturated heterocycles. The summed E-state index contributed by atoms with van der Waals surface area (Å²) in [5.74, 6) is 1.02. The molecule has 0 amide bonds. The third-order valence-electron chi connectivity index (χ3n) is 10.8. The molecule has 1 aromatic carbocycles. The van der Waals surface area contributed by atoms with E-state index in [0.717, 1.165) is 31.2 Å². The maximum Gasteiger partial charge on any atom is 0.335 e. The van der Waals surface area contributed by atoms with Gasteiger partial charge in [0, 0.05) is 11.6 Å². The molecular weight excluding hydrogens is 661 g/mol. The molecule has 0 bridgehead atoms. The van der Waals surface area contributed by atoms with Crippen LogP contribution in [0.2, 0.25) is 0 Å². The number of ether oxygens (including phenoxy) is 3. The number of carbonyl (C=O) groups is 2. The topological polar surface area (TPSA) is 82.1 Å². The highest BCUT2D eigenvalue weighted by Gasteiger charge is 2.21. The van der Waals surface area contributed by atoms with Crippen LogP contribution in [0.5, 0.6) is 11.5 Å². The van der Waals surface area contributed by atoms with Crippen LogP contribution in [0, 0.1) is 11.8 Å². The molecular formula is C47H82O6. The summed E-state index contributed by atoms with van der Waals surface area (Å²) in [6.45, 7) is 13.9. The van der Waals surface area contributed by atoms with Crippen LogP contribution in [0.1, 0.15) is 217 Å². The van der Waals surface area contributed by atoms with Gasteiger partial charge in [-0.05, 0) is 62.5 Å². The zero-order valence-electron chi connectivity index (χ0n) is 35.0. The molecule has 1 rings (SSSR count). The van der Waals surface area contributed by atoms with Gasteiger partial charge in [-0.2, -0.15) is 0 Å². The lowest BCUT2D eigenvalue weighted by Crippen LogP contribution is -2.15. The molecule has 53 heavy (non-hydrogen) atoms. The second kappa shape index (κ2) is 34.0. The number of benzene rings is 1. The third kappa shape index (κ3) is 25.3. The highest BCUT2D eigenvalue weighted by Crippen LogP contribution is 2.36. The van der Waals surface area contributed by atoms with Gasteiger partial charge in [-0.15, -0.1) is 0 Å². The first-order valence-electron chi connectivity index (χ1n) is 22.3. The number of hydrogen-bond donors (Lipinski definition) is 1. The van der Waals surface area contributed by atoms with E-state index in [2.05, 4.69) is 34.3 Å². The minimum atomic E-state index is -0.970. The van der Waals surface area contributed by atoms with Crippen molar-refractivity contribution in [1.29, 1.82) is 0 Å². The highest BCUT2D eigenvalue weighted by molar-refractivity contribution is 5.89. The molecule has 2 unspecified atom stereocenters. The van der Waals surface area contributed by atoms with Crippen LogP contribution in [-0.4, -0.2) is 36.9 Å². The number of carboxylic acids is 1. The number of unbranched alkanes of at least 4 members (excludes halogenated alkanes) is 17. The maximum absolute atomic E-state index is 12.4. The predicted molar refractivity (Wildman–Crippen MR) is 224 cm³/mol. The van der Waals surface area contributed by atoms with E-state index in [1.54, 1.807) is 12.1 Å². The van der Waals surface area contributed by atoms with Gasteiger partial charge in [-0.1, -0.05) is 176 Å². The molecule has 6 nitrogen and oxygen atoms in total. The number of carbonyl (C=O) groups excluding carboxylic acids is 1. The highest BCUT2D eigenvalue weighted by atomic mass is 16.5. The van der Waals surface area contributed by atoms with E-state index >= 15 is 0 Å². The molecule has 0 saturated carbocycles. The van der Waals surface area contributed by atoms with Gasteiger partial charge in [-0.25, -0.2) is 9.59 Å². The fourth-order valence-electron chi connectivity index (χ4n) is 7.31. The largest absolute Gasteiger partial charge is 0.493 e. The lowest BCUT2D eigenvalue weighted by atomic mass is 9.88. The summed E-state index contributed by atoms with van der Waals surface area (Å²) in [6.07, 6.45) is 34.8. The molecule has 0 spiro atoms. The number of aromatic carboxylic acids is 1. The van der Waals surface area contributed by atoms with Crippen LogP contribution in [0.4, 0.5) is 0 Å². The Morgan fingerprint density at radius 3 is 1.51 bits per heavy atom. The molecule has 2 atom stereocenters. The Bertz CT molecular complexity index is 1050. The molecule has 0 radical (unpaired) electrons. The Labute approximate surface area is 326 Å². The maximum atomic E-state index is 12.4. The van der Waals surface area contributed by atoms with Crippen molar-refractivity contribution in [3.63, 3.8) is 0 Å². The van der Waals surface area contributed by atoms with Crippen LogP contribution in [-0.2, 0) is 16.0 Å². The fourth-order valence-corrected chi connectivity index (χ4v) is 7.31. The van der Waals surface area contributed by atoms with Crippen molar-refractivity contribution in [2.24, 2.45) is 11.8 Å². The SMILES string of the molecule is C=CC(=O)OCCCCOc1cc(C(=O)O)cc(OCC(CCCCCC)CCCCCCCC)c1CCC(CCCCCC)CCCCCCCC. The summed E-state index contributed by atoms with van der Waals surface area (Å²) < 4.78 is 18.3. The van der Waals surface area contributed by atoms with E-state index < -0.39 is 11.9 Å². The molecule has 0 aliphatic carbocycles. The van der Waals surface area contributed by atoms with Crippen LogP contribution in [0.15, 0.2) is 24.8 Å². The van der Waals surface area contributed by atoms with Gasteiger partial charge in [0.1, 0.15) is 11.5 Å². The fraction of sp³-hybridized carbons (Fsp3) is 0.787. The van der Waals surface area contributed by atoms with E-state index in [0.29, 0.717) is 56.0 Å². The summed E-state index contributed by atoms with van der Waals surface area (Å²) in [5.41, 5.74) is 1.22. The van der Waals surface area contributed by atoms with Crippen LogP contribution in [0.3, 0.4) is 0 Å². The zero-order chi connectivity index (χ0) is 38.8. The summed E-state index contributed by atoms with van der Waals surface area (Å²) in [6, 6.07) is 3.45. The molecule has 0 fully saturated rings. The van der Waals surface area contributed by atoms with E-state index in [4.69, 9.17) is 14.2 Å². The third-order valence-corrected chi connectivity index (χ3v) is 10.8. The predicted octanol–water partition coefficient (Wildman–Crippen LogP) is 14.3. The molecule has 306 valence electrons. The second-order valence-electron chi connectivity index (χ2n) is 15.6. The second-order valence-corrected chi connectivity index (χ2v) is 15.6. The quantitative estimate of drug-likeness (QED) is 0.0413. The summed E-state index contributed by atoms with van der Waals surface area (Å²) in [5, 5.41) is 10.2. The van der Waals surface area contributed by atoms with Gasteiger partial charge in [0.15, 0.2) is 0 Å². The monoisotopic (exact) mass is 743 g/mol. The summed E-state index contributed by atoms with van der Waals surface area (Å²) in [7, 11) is 0. The van der Waals surface area contributed by atoms with Crippen molar-refractivity contribution >= 4 is 11.9 Å². The van der Waals surface area contributed by atoms with Gasteiger partial charge < -0.3 is 19.3 Å². The molecule has 0 heterocycles. The first-order valence-corrected chi connectivity index (χ1v) is 22.3. The van der Waals surface area contributed by atoms with Gasteiger partial charge >= 0.3 is 11.9 Å². The Morgan fingerprint density at radius 1 is 0.585 bits per heavy atom. The van der Waals surface area contributed by atoms with Crippen molar-refractivity contribution < 1.29 is 28.9 Å². The minimum Gasteiger partial charge on any atom is -0.493 e. The van der Waals surface area contributed by atoms with Crippen LogP contribution in [0.25, 0.3) is 0 Å². The summed E-state index contributed by atoms with van der Waals surface area (Å²) >= 11 is 0. The smallest absolute Gasteiger partial charge is 0.335 e. The Morgan fingerprint density at radius 2 is 1.02 bits per heavy atom. The van der Waals surface area contributed by atoms with Crippen molar-refractivity contribution in [3.8, 4) is 11.5 Å². The Balaban J connectivity index is 3.25. The Hall–Kier alpha value is -2.50. The molecule has 0 aliphatic heterocycles. The number of carboxylic acid groups (broad SMARTS) is 1. The normalized spacial score (nSPS) is 12.4. The average Bonchev–Trinajstić information content (AvgIpc) is 3.16. The number of rotatable bonds is 38. The van der Waals surface area contributed by atoms with Gasteiger partial charge in [0.25, 0.3) is 0 Å². The minimum absolute atomic E-state index is 0.206. The molecule has 1 aromatic rings. The first-order chi connectivity index (χ1) is 25.9. The standard InChI is InChI=1S/C47H82O6/c1-6-11-15-19-21-25-30-40(29-23-17-13-8-3)33-34-43-44(51-35-27-28-36-52-46(48)10-5)37-42(47(49)50)38-45(43)53-39-41(31-24-18-14-9-4)32-26-22-20-16-12-7-2/h10,37-38,40-41H,5-9,11-36,39H2,1-4H3,(H,49,50). The van der Waals surface area contributed by atoms with E-state index in [1.165, 1.54) is 147 Å². The van der Waals surface area contributed by atoms with Crippen molar-refractivity contribution in [2.45, 2.75) is 207 Å². The zero-order valence-corrected chi connectivity index (χ0v) is 35.0. The van der Waals surface area contributed by atoms with Crippen molar-refractivity contribution in [3.05, 3.63) is 35.9 Å². The molecule has 1 N–H and O–H groups in total. The van der Waals surface area contributed by atoms with E-state index in [1.807, 2.05) is 0 Å².